The molecule has 34 heteroatoms. The van der Waals surface area contributed by atoms with Gasteiger partial charge in [0.25, 0.3) is 50.1 Å². The quantitative estimate of drug-likeness (QED) is 0.0272. The molecule has 20 nitrogen and oxygen atoms in total. The van der Waals surface area contributed by atoms with E-state index in [1.54, 1.807) is 84.9 Å². The number of sulfonamides is 5. The first-order valence-corrected chi connectivity index (χ1v) is 50.7. The zero-order chi connectivity index (χ0) is 81.4. The molecule has 1 saturated heterocycles. The fraction of sp³-hybridized carbons (Fsp3) is 0.235. The molecule has 608 valence electrons. The molecule has 15 rings (SSSR count). The Bertz CT molecular complexity index is 5460. The summed E-state index contributed by atoms with van der Waals surface area (Å²) in [5, 5.41) is 13.4. The van der Waals surface area contributed by atoms with Crippen molar-refractivity contribution in [2.75, 3.05) is 62.9 Å². The van der Waals surface area contributed by atoms with E-state index >= 15 is 0 Å². The van der Waals surface area contributed by atoms with Crippen molar-refractivity contribution in [1.29, 1.82) is 0 Å². The second-order valence-corrected chi connectivity index (χ2v) is 45.9. The fourth-order valence-electron chi connectivity index (χ4n) is 12.5. The van der Waals surface area contributed by atoms with Gasteiger partial charge in [-0.05, 0) is 223 Å². The summed E-state index contributed by atoms with van der Waals surface area (Å²) in [6.07, 6.45) is 16.8. The third kappa shape index (κ3) is 26.7. The molecule has 115 heavy (non-hydrogen) atoms. The first-order valence-electron chi connectivity index (χ1n) is 36.8. The van der Waals surface area contributed by atoms with Crippen molar-refractivity contribution in [3.05, 3.63) is 264 Å². The molecule has 3 fully saturated rings. The van der Waals surface area contributed by atoms with Gasteiger partial charge in [0.05, 0.1) is 73.1 Å². The second-order valence-electron chi connectivity index (χ2n) is 26.7. The number of nitrogens with zero attached hydrogens (tertiary/aromatic N) is 1. The lowest BCUT2D eigenvalue weighted by Gasteiger charge is -2.25. The first-order chi connectivity index (χ1) is 55.2. The molecular weight excluding hydrogens is 1820 g/mol. The molecule has 3 aliphatic rings. The van der Waals surface area contributed by atoms with E-state index in [-0.39, 0.29) is 8.42 Å². The fourth-order valence-corrected chi connectivity index (χ4v) is 26.2. The number of anilines is 12. The zero-order valence-electron chi connectivity index (χ0n) is 62.2. The van der Waals surface area contributed by atoms with Crippen molar-refractivity contribution in [2.24, 2.45) is 0 Å². The molecule has 0 unspecified atom stereocenters. The van der Waals surface area contributed by atoms with Gasteiger partial charge >= 0.3 is 0 Å². The summed E-state index contributed by atoms with van der Waals surface area (Å²) in [6.45, 7) is 3.83. The lowest BCUT2D eigenvalue weighted by molar-refractivity contribution is 0.463. The lowest BCUT2D eigenvalue weighted by atomic mass is 9.95. The molecule has 0 bridgehead atoms. The van der Waals surface area contributed by atoms with Crippen LogP contribution in [0.3, 0.4) is 0 Å². The monoisotopic (exact) mass is 1910 g/mol. The van der Waals surface area contributed by atoms with Crippen LogP contribution in [0.4, 0.5) is 68.2 Å². The SMILES string of the molecule is Cc1ccc(S(=O)(=O)Nc2ccccc2Nc2ccccc2)s1.O=S(=O)(Nc1ccccc1N1CCCCCC1)c1ccc(Br)s1.O=S(=O)(Nc1ccccc1NC1CCCCC1)c1ccc(Br)s1.O=S(=O)(Nc1ccccc1NC1CCCCC1)c1ccc(Cl)s1.O=S(=O)(Nc1ccccc1Nc1ccccc1)c1ccc(Cl)s1. The smallest absolute Gasteiger partial charge is 0.271 e. The van der Waals surface area contributed by atoms with Gasteiger partial charge in [0.15, 0.2) is 0 Å². The van der Waals surface area contributed by atoms with Crippen LogP contribution in [0, 0.1) is 6.92 Å². The highest BCUT2D eigenvalue weighted by molar-refractivity contribution is 9.11. The van der Waals surface area contributed by atoms with E-state index in [4.69, 9.17) is 23.2 Å². The van der Waals surface area contributed by atoms with Gasteiger partial charge in [-0.2, -0.15) is 0 Å². The largest absolute Gasteiger partial charge is 0.381 e. The minimum Gasteiger partial charge on any atom is -0.381 e. The van der Waals surface area contributed by atoms with Crippen molar-refractivity contribution in [3.63, 3.8) is 0 Å². The van der Waals surface area contributed by atoms with E-state index in [1.165, 1.54) is 97.5 Å². The molecule has 0 atom stereocenters. The molecule has 1 aliphatic heterocycles. The predicted octanol–water partition coefficient (Wildman–Crippen LogP) is 24.2. The van der Waals surface area contributed by atoms with Crippen molar-refractivity contribution in [2.45, 2.75) is 130 Å². The highest BCUT2D eigenvalue weighted by Gasteiger charge is 2.26. The summed E-state index contributed by atoms with van der Waals surface area (Å²) >= 11 is 24.0. The summed E-state index contributed by atoms with van der Waals surface area (Å²) < 4.78 is 142. The van der Waals surface area contributed by atoms with Crippen molar-refractivity contribution < 1.29 is 42.1 Å². The third-order valence-corrected chi connectivity index (χ3v) is 34.0. The number of benzene rings is 7. The summed E-state index contributed by atoms with van der Waals surface area (Å²) in [6, 6.07) is 73.2. The van der Waals surface area contributed by atoms with Crippen LogP contribution in [0.1, 0.15) is 94.8 Å². The Morgan fingerprint density at radius 3 is 0.930 bits per heavy atom. The van der Waals surface area contributed by atoms with Gasteiger partial charge in [-0.25, -0.2) is 42.1 Å². The summed E-state index contributed by atoms with van der Waals surface area (Å²) in [4.78, 5) is 3.25. The molecule has 0 amide bonds. The number of para-hydroxylation sites is 12. The minimum atomic E-state index is -3.66. The van der Waals surface area contributed by atoms with Gasteiger partial charge in [-0.1, -0.05) is 172 Å². The lowest BCUT2D eigenvalue weighted by Crippen LogP contribution is -2.25. The maximum absolute atomic E-state index is 12.6. The van der Waals surface area contributed by atoms with E-state index in [9.17, 15) is 42.1 Å². The highest BCUT2D eigenvalue weighted by atomic mass is 79.9. The normalized spacial score (nSPS) is 14.2. The van der Waals surface area contributed by atoms with E-state index in [0.29, 0.717) is 73.2 Å². The zero-order valence-corrected chi connectivity index (χ0v) is 75.0. The molecule has 2 saturated carbocycles. The third-order valence-electron chi connectivity index (χ3n) is 18.1. The van der Waals surface area contributed by atoms with Gasteiger partial charge < -0.3 is 26.2 Å². The van der Waals surface area contributed by atoms with Gasteiger partial charge in [-0.15, -0.1) is 56.7 Å². The number of thiophene rings is 5. The average Bonchev–Trinajstić information content (AvgIpc) is 1.81. The number of hydrogen-bond acceptors (Lipinski definition) is 20. The predicted molar refractivity (Wildman–Crippen MR) is 489 cm³/mol. The maximum Gasteiger partial charge on any atom is 0.271 e. The number of rotatable bonds is 24. The Morgan fingerprint density at radius 1 is 0.304 bits per heavy atom. The molecule has 12 aromatic rings. The number of hydrogen-bond donors (Lipinski definition) is 9. The van der Waals surface area contributed by atoms with Crippen LogP contribution in [0.15, 0.2) is 271 Å². The van der Waals surface area contributed by atoms with Crippen molar-refractivity contribution in [3.8, 4) is 0 Å². The van der Waals surface area contributed by atoms with Gasteiger partial charge in [0.1, 0.15) is 21.0 Å². The maximum atomic E-state index is 12.6. The Kier molecular flexibility index (Phi) is 32.3. The average molecular weight is 1910 g/mol. The Labute approximate surface area is 721 Å². The first kappa shape index (κ1) is 88.1. The van der Waals surface area contributed by atoms with Gasteiger partial charge in [-0.3, -0.25) is 23.6 Å². The van der Waals surface area contributed by atoms with Crippen molar-refractivity contribution >= 4 is 230 Å². The number of nitrogens with one attached hydrogen (secondary N) is 9. The second kappa shape index (κ2) is 42.1. The van der Waals surface area contributed by atoms with Crippen LogP contribution >= 0.6 is 112 Å². The molecule has 0 radical (unpaired) electrons. The van der Waals surface area contributed by atoms with Gasteiger partial charge in [0, 0.05) is 41.4 Å². The van der Waals surface area contributed by atoms with E-state index in [2.05, 4.69) is 81.6 Å². The van der Waals surface area contributed by atoms with E-state index in [1.807, 2.05) is 153 Å². The van der Waals surface area contributed by atoms with E-state index < -0.39 is 50.1 Å². The molecule has 6 heterocycles. The molecular formula is C81H86Br2Cl2N10O10S10. The summed E-state index contributed by atoms with van der Waals surface area (Å²) in [5.74, 6) is 0. The molecule has 7 aromatic carbocycles. The number of aryl methyl sites for hydroxylation is 1. The van der Waals surface area contributed by atoms with Gasteiger partial charge in [0.2, 0.25) is 0 Å². The molecule has 2 aliphatic carbocycles. The Morgan fingerprint density at radius 2 is 0.591 bits per heavy atom. The molecule has 0 spiro atoms. The molecule has 5 aromatic heterocycles. The van der Waals surface area contributed by atoms with E-state index in [0.717, 1.165) is 115 Å². The highest BCUT2D eigenvalue weighted by Crippen LogP contribution is 2.38. The number of halogens is 4. The Balaban J connectivity index is 0.000000142. The van der Waals surface area contributed by atoms with Crippen LogP contribution in [0.5, 0.6) is 0 Å². The van der Waals surface area contributed by atoms with Crippen LogP contribution in [0.2, 0.25) is 8.67 Å². The van der Waals surface area contributed by atoms with Crippen LogP contribution < -0.4 is 49.8 Å². The minimum absolute atomic E-state index is 0.178. The molecule has 9 N–H and O–H groups in total. The standard InChI is InChI=1S/C17H16N2O2S2.2C16H19BrN2O2S2.C16H19ClN2O2S2.C16H13ClN2O2S2/c1-13-11-12-17(22-13)23(20,21)19-16-10-6-5-9-15(16)18-14-7-3-2-4-8-14;17-15-9-10-16(22-15)23(20,21)18-13-7-3-4-8-14(13)19-11-5-1-2-6-12-19;3*17-15-10-11-16(22-15)23(20,21)19-14-9-5-4-8-13(14)18-12-6-2-1-3-7-12/h2-12,18-19H,1H3;3-4,7-10,18H,1-2,5-6,11-12H2;2*4-5,8-12,18-19H,1-3,6-7H2;1-11,18-19H. The Hall–Kier alpha value is -7.67. The van der Waals surface area contributed by atoms with Crippen LogP contribution in [-0.2, 0) is 50.1 Å². The summed E-state index contributed by atoms with van der Waals surface area (Å²) in [7, 11) is -18.0. The summed E-state index contributed by atoms with van der Waals surface area (Å²) in [5.41, 5.74) is 8.59. The van der Waals surface area contributed by atoms with Crippen LogP contribution in [-0.4, -0.2) is 67.3 Å². The van der Waals surface area contributed by atoms with Crippen LogP contribution in [0.25, 0.3) is 0 Å². The topological polar surface area (TPSA) is 282 Å². The van der Waals surface area contributed by atoms with Crippen molar-refractivity contribution in [1.82, 2.24) is 0 Å².